The third-order valence-electron chi connectivity index (χ3n) is 6.45. The Balaban J connectivity index is 1.59. The Morgan fingerprint density at radius 1 is 1.16 bits per heavy atom. The van der Waals surface area contributed by atoms with Gasteiger partial charge in [-0.1, -0.05) is 30.1 Å². The van der Waals surface area contributed by atoms with Crippen LogP contribution in [0.25, 0.3) is 0 Å². The Bertz CT molecular complexity index is 1390. The van der Waals surface area contributed by atoms with Gasteiger partial charge in [-0.3, -0.25) is 19.2 Å². The molecule has 10 nitrogen and oxygen atoms in total. The zero-order valence-corrected chi connectivity index (χ0v) is 22.2. The van der Waals surface area contributed by atoms with E-state index in [9.17, 15) is 19.2 Å². The lowest BCUT2D eigenvalue weighted by Crippen LogP contribution is -2.55. The number of halogens is 2. The molecule has 0 bridgehead atoms. The van der Waals surface area contributed by atoms with Crippen molar-refractivity contribution in [3.63, 3.8) is 0 Å². The maximum absolute atomic E-state index is 13.6. The summed E-state index contributed by atoms with van der Waals surface area (Å²) in [5, 5.41) is 14.6. The average Bonchev–Trinajstić information content (AvgIpc) is 3.18. The molecule has 0 saturated carbocycles. The minimum absolute atomic E-state index is 0.0362. The molecule has 2 aliphatic rings. The molecule has 0 unspecified atom stereocenters. The van der Waals surface area contributed by atoms with E-state index >= 15 is 0 Å². The Morgan fingerprint density at radius 2 is 1.87 bits per heavy atom. The summed E-state index contributed by atoms with van der Waals surface area (Å²) in [7, 11) is 2.80. The minimum atomic E-state index is -1.81. The molecule has 4 rings (SSSR count). The molecule has 1 aliphatic heterocycles. The van der Waals surface area contributed by atoms with E-state index in [1.54, 1.807) is 13.0 Å². The fourth-order valence-corrected chi connectivity index (χ4v) is 5.02. The number of amides is 1. The van der Waals surface area contributed by atoms with E-state index in [2.05, 4.69) is 10.6 Å². The van der Waals surface area contributed by atoms with Crippen molar-refractivity contribution >= 4 is 52.3 Å². The summed E-state index contributed by atoms with van der Waals surface area (Å²) < 4.78 is 16.6. The van der Waals surface area contributed by atoms with Crippen molar-refractivity contribution in [2.24, 2.45) is 5.92 Å². The molecule has 0 saturated heterocycles. The normalized spacial score (nSPS) is 19.9. The fraction of sp³-hybridized carbons (Fsp3) is 0.308. The number of benzene rings is 2. The number of ether oxygens (including phenoxy) is 3. The van der Waals surface area contributed by atoms with E-state index in [-0.39, 0.29) is 57.8 Å². The van der Waals surface area contributed by atoms with Crippen LogP contribution in [0, 0.1) is 5.92 Å². The van der Waals surface area contributed by atoms with Crippen molar-refractivity contribution in [1.82, 2.24) is 5.32 Å². The molecule has 1 amide bonds. The lowest BCUT2D eigenvalue weighted by molar-refractivity contribution is -0.136. The summed E-state index contributed by atoms with van der Waals surface area (Å²) in [6, 6.07) is 6.09. The standard InChI is InChI=1S/C26H24Cl2N2O8/c1-12-8-14(30-13-4-5-16(27)15(9-13)25(35)29-7-6-20(32)33)10-19(31)26(12)24(34)21-17(36-2)11-18(37-3)22(28)23(21)38-26/h4-5,9-12,30H,6-8H2,1-3H3,(H,29,35)(H,32,33)/t12-,26+/m1/s1. The van der Waals surface area contributed by atoms with Gasteiger partial charge in [0, 0.05) is 36.0 Å². The monoisotopic (exact) mass is 562 g/mol. The first-order valence-electron chi connectivity index (χ1n) is 11.5. The number of carbonyl (C=O) groups is 4. The maximum atomic E-state index is 13.6. The smallest absolute Gasteiger partial charge is 0.305 e. The van der Waals surface area contributed by atoms with Crippen LogP contribution in [0.15, 0.2) is 36.0 Å². The molecule has 1 spiro atoms. The number of aliphatic carboxylic acids is 1. The van der Waals surface area contributed by atoms with Gasteiger partial charge in [-0.25, -0.2) is 0 Å². The van der Waals surface area contributed by atoms with Gasteiger partial charge in [0.05, 0.1) is 31.2 Å². The number of allylic oxidation sites excluding steroid dienone is 1. The number of ketones is 2. The van der Waals surface area contributed by atoms with Crippen LogP contribution in [-0.2, 0) is 9.59 Å². The molecule has 1 heterocycles. The summed E-state index contributed by atoms with van der Waals surface area (Å²) >= 11 is 12.6. The van der Waals surface area contributed by atoms with Crippen LogP contribution in [0.3, 0.4) is 0 Å². The molecule has 38 heavy (non-hydrogen) atoms. The number of carboxylic acid groups (broad SMARTS) is 1. The number of hydrogen-bond donors (Lipinski definition) is 3. The first kappa shape index (κ1) is 27.3. The third kappa shape index (κ3) is 4.65. The second-order valence-corrected chi connectivity index (χ2v) is 9.61. The number of nitrogens with one attached hydrogen (secondary N) is 2. The van der Waals surface area contributed by atoms with Gasteiger partial charge in [-0.05, 0) is 24.6 Å². The highest BCUT2D eigenvalue weighted by Gasteiger charge is 2.60. The van der Waals surface area contributed by atoms with Crippen molar-refractivity contribution in [3.05, 3.63) is 57.2 Å². The highest BCUT2D eigenvalue weighted by atomic mass is 35.5. The average molecular weight is 563 g/mol. The van der Waals surface area contributed by atoms with Crippen molar-refractivity contribution in [3.8, 4) is 17.2 Å². The zero-order valence-electron chi connectivity index (χ0n) is 20.6. The minimum Gasteiger partial charge on any atom is -0.496 e. The number of hydrogen-bond acceptors (Lipinski definition) is 8. The Labute approximate surface area is 227 Å². The van der Waals surface area contributed by atoms with Gasteiger partial charge in [0.25, 0.3) is 5.91 Å². The van der Waals surface area contributed by atoms with Crippen LogP contribution in [0.1, 0.15) is 40.5 Å². The predicted molar refractivity (Wildman–Crippen MR) is 139 cm³/mol. The number of Topliss-reactive ketones (excluding diaryl/α,β-unsaturated/α-hetero) is 1. The van der Waals surface area contributed by atoms with Crippen LogP contribution < -0.4 is 24.8 Å². The number of fused-ring (bicyclic) bond motifs is 1. The first-order valence-corrected chi connectivity index (χ1v) is 12.3. The number of anilines is 1. The molecule has 3 N–H and O–H groups in total. The molecule has 0 aromatic heterocycles. The van der Waals surface area contributed by atoms with Gasteiger partial charge in [-0.2, -0.15) is 0 Å². The van der Waals surface area contributed by atoms with Gasteiger partial charge in [0.15, 0.2) is 5.75 Å². The van der Waals surface area contributed by atoms with Crippen molar-refractivity contribution in [2.75, 3.05) is 26.1 Å². The highest BCUT2D eigenvalue weighted by Crippen LogP contribution is 2.53. The van der Waals surface area contributed by atoms with Crippen LogP contribution in [0.2, 0.25) is 10.0 Å². The molecular formula is C26H24Cl2N2O8. The van der Waals surface area contributed by atoms with Gasteiger partial charge in [0.1, 0.15) is 22.1 Å². The SMILES string of the molecule is COc1cc(OC)c2c(c1Cl)O[C@@]1(C(=O)C=C(Nc3ccc(Cl)c(C(=O)NCCC(=O)O)c3)C[C@H]1C)C2=O. The highest BCUT2D eigenvalue weighted by molar-refractivity contribution is 6.36. The van der Waals surface area contributed by atoms with Crippen LogP contribution in [0.4, 0.5) is 5.69 Å². The second kappa shape index (κ2) is 10.5. The van der Waals surface area contributed by atoms with Gasteiger partial charge < -0.3 is 30.0 Å². The third-order valence-corrected chi connectivity index (χ3v) is 7.14. The summed E-state index contributed by atoms with van der Waals surface area (Å²) in [6.07, 6.45) is 1.32. The molecule has 0 radical (unpaired) electrons. The van der Waals surface area contributed by atoms with Gasteiger partial charge in [0.2, 0.25) is 17.2 Å². The largest absolute Gasteiger partial charge is 0.496 e. The lowest BCUT2D eigenvalue weighted by Gasteiger charge is -2.35. The summed E-state index contributed by atoms with van der Waals surface area (Å²) in [5.74, 6) is -2.83. The molecule has 2 aromatic rings. The number of rotatable bonds is 8. The molecule has 12 heteroatoms. The summed E-state index contributed by atoms with van der Waals surface area (Å²) in [5.41, 5.74) is -0.632. The molecule has 2 atom stereocenters. The van der Waals surface area contributed by atoms with E-state index in [1.165, 1.54) is 38.5 Å². The fourth-order valence-electron chi connectivity index (χ4n) is 4.56. The molecule has 1 aliphatic carbocycles. The lowest BCUT2D eigenvalue weighted by atomic mass is 9.74. The summed E-state index contributed by atoms with van der Waals surface area (Å²) in [4.78, 5) is 50.2. The molecule has 2 aromatic carbocycles. The molecule has 0 fully saturated rings. The molecular weight excluding hydrogens is 539 g/mol. The predicted octanol–water partition coefficient (Wildman–Crippen LogP) is 4.13. The van der Waals surface area contributed by atoms with E-state index in [1.807, 2.05) is 0 Å². The van der Waals surface area contributed by atoms with E-state index in [0.717, 1.165) is 0 Å². The summed E-state index contributed by atoms with van der Waals surface area (Å²) in [6.45, 7) is 1.66. The van der Waals surface area contributed by atoms with Crippen LogP contribution in [0.5, 0.6) is 17.2 Å². The molecule has 200 valence electrons. The van der Waals surface area contributed by atoms with Crippen molar-refractivity contribution in [1.29, 1.82) is 0 Å². The van der Waals surface area contributed by atoms with Crippen molar-refractivity contribution in [2.45, 2.75) is 25.4 Å². The Morgan fingerprint density at radius 3 is 2.50 bits per heavy atom. The Hall–Kier alpha value is -3.76. The quantitative estimate of drug-likeness (QED) is 0.405. The van der Waals surface area contributed by atoms with Gasteiger partial charge in [-0.15, -0.1) is 0 Å². The number of carbonyl (C=O) groups excluding carboxylic acids is 3. The van der Waals surface area contributed by atoms with Crippen LogP contribution >= 0.6 is 23.2 Å². The topological polar surface area (TPSA) is 140 Å². The Kier molecular flexibility index (Phi) is 7.57. The zero-order chi connectivity index (χ0) is 27.8. The van der Waals surface area contributed by atoms with Crippen molar-refractivity contribution < 1.29 is 38.5 Å². The first-order chi connectivity index (χ1) is 18.0. The van der Waals surface area contributed by atoms with Crippen LogP contribution in [-0.4, -0.2) is 54.9 Å². The number of carboxylic acids is 1. The maximum Gasteiger partial charge on any atom is 0.305 e. The van der Waals surface area contributed by atoms with E-state index in [4.69, 9.17) is 42.5 Å². The number of methoxy groups -OCH3 is 2. The second-order valence-electron chi connectivity index (χ2n) is 8.82. The van der Waals surface area contributed by atoms with E-state index < -0.39 is 35.0 Å². The van der Waals surface area contributed by atoms with E-state index in [0.29, 0.717) is 11.4 Å². The van der Waals surface area contributed by atoms with Gasteiger partial charge >= 0.3 is 5.97 Å².